The SMILES string of the molecule is CCC1(C(=O)O)CCCN1Cc1cc(Br)ccc1OC. The molecule has 4 nitrogen and oxygen atoms in total. The predicted molar refractivity (Wildman–Crippen MR) is 81.0 cm³/mol. The van der Waals surface area contributed by atoms with Crippen LogP contribution in [0.15, 0.2) is 22.7 Å². The van der Waals surface area contributed by atoms with Crippen LogP contribution in [-0.2, 0) is 11.3 Å². The number of nitrogens with zero attached hydrogens (tertiary/aromatic N) is 1. The average molecular weight is 342 g/mol. The van der Waals surface area contributed by atoms with Crippen molar-refractivity contribution in [3.05, 3.63) is 28.2 Å². The van der Waals surface area contributed by atoms with Gasteiger partial charge in [-0.1, -0.05) is 22.9 Å². The number of carbonyl (C=O) groups is 1. The molecule has 1 N–H and O–H groups in total. The first-order chi connectivity index (χ1) is 9.53. The number of benzene rings is 1. The molecule has 1 aliphatic rings. The molecule has 1 heterocycles. The summed E-state index contributed by atoms with van der Waals surface area (Å²) in [7, 11) is 1.64. The number of likely N-dealkylation sites (tertiary alicyclic amines) is 1. The van der Waals surface area contributed by atoms with E-state index in [4.69, 9.17) is 4.74 Å². The molecule has 5 heteroatoms. The largest absolute Gasteiger partial charge is 0.496 e. The van der Waals surface area contributed by atoms with Gasteiger partial charge in [0.15, 0.2) is 0 Å². The van der Waals surface area contributed by atoms with Crippen molar-refractivity contribution in [2.24, 2.45) is 0 Å². The fourth-order valence-corrected chi connectivity index (χ4v) is 3.44. The Labute approximate surface area is 127 Å². The van der Waals surface area contributed by atoms with E-state index in [9.17, 15) is 9.90 Å². The van der Waals surface area contributed by atoms with Crippen LogP contribution in [-0.4, -0.2) is 35.2 Å². The van der Waals surface area contributed by atoms with Crippen LogP contribution in [0.25, 0.3) is 0 Å². The van der Waals surface area contributed by atoms with Gasteiger partial charge in [0.05, 0.1) is 7.11 Å². The van der Waals surface area contributed by atoms with E-state index in [-0.39, 0.29) is 0 Å². The predicted octanol–water partition coefficient (Wildman–Crippen LogP) is 3.29. The molecule has 2 rings (SSSR count). The van der Waals surface area contributed by atoms with Crippen molar-refractivity contribution in [2.45, 2.75) is 38.3 Å². The maximum absolute atomic E-state index is 11.7. The number of hydrogen-bond donors (Lipinski definition) is 1. The molecule has 1 aromatic carbocycles. The van der Waals surface area contributed by atoms with E-state index >= 15 is 0 Å². The van der Waals surface area contributed by atoms with Gasteiger partial charge in [-0.25, -0.2) is 0 Å². The van der Waals surface area contributed by atoms with Crippen molar-refractivity contribution in [2.75, 3.05) is 13.7 Å². The molecule has 1 unspecified atom stereocenters. The molecule has 20 heavy (non-hydrogen) atoms. The number of ether oxygens (including phenoxy) is 1. The summed E-state index contributed by atoms with van der Waals surface area (Å²) in [6.07, 6.45) is 2.27. The number of carboxylic acids is 1. The van der Waals surface area contributed by atoms with Gasteiger partial charge in [0.25, 0.3) is 0 Å². The van der Waals surface area contributed by atoms with E-state index < -0.39 is 11.5 Å². The summed E-state index contributed by atoms with van der Waals surface area (Å²) in [5, 5.41) is 9.61. The summed E-state index contributed by atoms with van der Waals surface area (Å²) < 4.78 is 6.35. The molecule has 0 aromatic heterocycles. The maximum Gasteiger partial charge on any atom is 0.324 e. The van der Waals surface area contributed by atoms with Crippen LogP contribution in [0.5, 0.6) is 5.75 Å². The van der Waals surface area contributed by atoms with Gasteiger partial charge in [0.2, 0.25) is 0 Å². The van der Waals surface area contributed by atoms with E-state index in [2.05, 4.69) is 20.8 Å². The summed E-state index contributed by atoms with van der Waals surface area (Å²) in [6.45, 7) is 3.36. The van der Waals surface area contributed by atoms with Gasteiger partial charge < -0.3 is 9.84 Å². The van der Waals surface area contributed by atoms with Crippen LogP contribution in [0.3, 0.4) is 0 Å². The fourth-order valence-electron chi connectivity index (χ4n) is 3.04. The minimum atomic E-state index is -0.729. The standard InChI is InChI=1S/C15H20BrNO3/c1-3-15(14(18)19)7-4-8-17(15)10-11-9-12(16)5-6-13(11)20-2/h5-6,9H,3-4,7-8,10H2,1-2H3,(H,18,19). The number of rotatable bonds is 5. The highest BCUT2D eigenvalue weighted by molar-refractivity contribution is 9.10. The Bertz CT molecular complexity index is 506. The molecule has 0 bridgehead atoms. The summed E-state index contributed by atoms with van der Waals surface area (Å²) in [4.78, 5) is 13.8. The topological polar surface area (TPSA) is 49.8 Å². The lowest BCUT2D eigenvalue weighted by Crippen LogP contribution is -2.49. The van der Waals surface area contributed by atoms with Crippen LogP contribution in [0.1, 0.15) is 31.7 Å². The van der Waals surface area contributed by atoms with Crippen LogP contribution in [0.4, 0.5) is 0 Å². The lowest BCUT2D eigenvalue weighted by molar-refractivity contribution is -0.150. The van der Waals surface area contributed by atoms with E-state index in [0.717, 1.165) is 35.2 Å². The Kier molecular flexibility index (Phi) is 4.70. The Morgan fingerprint density at radius 1 is 1.55 bits per heavy atom. The van der Waals surface area contributed by atoms with Gasteiger partial charge in [-0.3, -0.25) is 9.69 Å². The summed E-state index contributed by atoms with van der Waals surface area (Å²) in [5.41, 5.74) is 0.288. The number of halogens is 1. The van der Waals surface area contributed by atoms with Gasteiger partial charge in [-0.05, 0) is 44.0 Å². The highest BCUT2D eigenvalue weighted by atomic mass is 79.9. The first kappa shape index (κ1) is 15.3. The highest BCUT2D eigenvalue weighted by Gasteiger charge is 2.46. The molecule has 0 saturated carbocycles. The Morgan fingerprint density at radius 2 is 2.30 bits per heavy atom. The Balaban J connectivity index is 2.29. The fraction of sp³-hybridized carbons (Fsp3) is 0.533. The Morgan fingerprint density at radius 3 is 2.90 bits per heavy atom. The first-order valence-corrected chi connectivity index (χ1v) is 7.63. The maximum atomic E-state index is 11.7. The molecule has 0 spiro atoms. The molecule has 1 fully saturated rings. The van der Waals surface area contributed by atoms with Crippen LogP contribution >= 0.6 is 15.9 Å². The average Bonchev–Trinajstić information content (AvgIpc) is 2.83. The summed E-state index contributed by atoms with van der Waals surface area (Å²) in [5.74, 6) is 0.0851. The second kappa shape index (κ2) is 6.14. The van der Waals surface area contributed by atoms with E-state index in [1.165, 1.54) is 0 Å². The first-order valence-electron chi connectivity index (χ1n) is 6.84. The highest BCUT2D eigenvalue weighted by Crippen LogP contribution is 2.36. The molecule has 1 aliphatic heterocycles. The third-order valence-corrected chi connectivity index (χ3v) is 4.70. The molecule has 1 aromatic rings. The molecule has 1 saturated heterocycles. The van der Waals surface area contributed by atoms with Crippen molar-refractivity contribution in [1.82, 2.24) is 4.90 Å². The Hall–Kier alpha value is -1.07. The number of hydrogen-bond acceptors (Lipinski definition) is 3. The smallest absolute Gasteiger partial charge is 0.324 e. The molecule has 0 radical (unpaired) electrons. The monoisotopic (exact) mass is 341 g/mol. The van der Waals surface area contributed by atoms with Crippen LogP contribution in [0.2, 0.25) is 0 Å². The van der Waals surface area contributed by atoms with Crippen molar-refractivity contribution < 1.29 is 14.6 Å². The summed E-state index contributed by atoms with van der Waals surface area (Å²) >= 11 is 3.46. The van der Waals surface area contributed by atoms with Gasteiger partial charge >= 0.3 is 5.97 Å². The third-order valence-electron chi connectivity index (χ3n) is 4.21. The van der Waals surface area contributed by atoms with Gasteiger partial charge in [0, 0.05) is 16.6 Å². The zero-order valence-electron chi connectivity index (χ0n) is 11.9. The molecule has 110 valence electrons. The van der Waals surface area contributed by atoms with E-state index in [0.29, 0.717) is 13.0 Å². The summed E-state index contributed by atoms with van der Waals surface area (Å²) in [6, 6.07) is 5.83. The third kappa shape index (κ3) is 2.69. The normalized spacial score (nSPS) is 22.9. The lowest BCUT2D eigenvalue weighted by Gasteiger charge is -2.34. The minimum absolute atomic E-state index is 0.600. The quantitative estimate of drug-likeness (QED) is 0.892. The van der Waals surface area contributed by atoms with Gasteiger partial charge in [-0.2, -0.15) is 0 Å². The van der Waals surface area contributed by atoms with Crippen molar-refractivity contribution >= 4 is 21.9 Å². The second-order valence-corrected chi connectivity index (χ2v) is 6.09. The van der Waals surface area contributed by atoms with Crippen molar-refractivity contribution in [1.29, 1.82) is 0 Å². The molecular weight excluding hydrogens is 322 g/mol. The number of aliphatic carboxylic acids is 1. The molecular formula is C15H20BrNO3. The van der Waals surface area contributed by atoms with Crippen LogP contribution in [0, 0.1) is 0 Å². The van der Waals surface area contributed by atoms with Crippen molar-refractivity contribution in [3.63, 3.8) is 0 Å². The van der Waals surface area contributed by atoms with E-state index in [1.807, 2.05) is 25.1 Å². The second-order valence-electron chi connectivity index (χ2n) is 5.17. The van der Waals surface area contributed by atoms with Crippen LogP contribution < -0.4 is 4.74 Å². The molecule has 0 amide bonds. The van der Waals surface area contributed by atoms with E-state index in [1.54, 1.807) is 7.11 Å². The van der Waals surface area contributed by atoms with Gasteiger partial charge in [0.1, 0.15) is 11.3 Å². The van der Waals surface area contributed by atoms with Crippen molar-refractivity contribution in [3.8, 4) is 5.75 Å². The van der Waals surface area contributed by atoms with Gasteiger partial charge in [-0.15, -0.1) is 0 Å². The zero-order valence-corrected chi connectivity index (χ0v) is 13.4. The minimum Gasteiger partial charge on any atom is -0.496 e. The number of carboxylic acid groups (broad SMARTS) is 1. The molecule has 1 atom stereocenters. The zero-order chi connectivity index (χ0) is 14.8. The lowest BCUT2D eigenvalue weighted by atomic mass is 9.92. The number of methoxy groups -OCH3 is 1. The molecule has 0 aliphatic carbocycles.